The molecule has 0 spiro atoms. The first-order chi connectivity index (χ1) is 9.50. The number of fused-ring (bicyclic) bond motifs is 1. The van der Waals surface area contributed by atoms with Crippen LogP contribution in [0.1, 0.15) is 6.42 Å². The van der Waals surface area contributed by atoms with E-state index < -0.39 is 10.0 Å². The highest BCUT2D eigenvalue weighted by molar-refractivity contribution is 7.89. The molecule has 0 radical (unpaired) electrons. The van der Waals surface area contributed by atoms with Crippen LogP contribution in [0.3, 0.4) is 0 Å². The third-order valence-corrected chi connectivity index (χ3v) is 5.70. The molecule has 0 aliphatic carbocycles. The van der Waals surface area contributed by atoms with Crippen molar-refractivity contribution >= 4 is 44.8 Å². The van der Waals surface area contributed by atoms with Gasteiger partial charge in [-0.3, -0.25) is 4.98 Å². The summed E-state index contributed by atoms with van der Waals surface area (Å²) in [6, 6.07) is 4.97. The van der Waals surface area contributed by atoms with E-state index in [0.29, 0.717) is 35.3 Å². The van der Waals surface area contributed by atoms with Crippen molar-refractivity contribution in [1.82, 2.24) is 9.29 Å². The summed E-state index contributed by atoms with van der Waals surface area (Å²) in [5.74, 6) is 0. The van der Waals surface area contributed by atoms with Crippen molar-refractivity contribution in [3.63, 3.8) is 0 Å². The van der Waals surface area contributed by atoms with Gasteiger partial charge in [-0.15, -0.1) is 12.4 Å². The maximum Gasteiger partial charge on any atom is 0.243 e. The Kier molecular flexibility index (Phi) is 6.14. The number of benzene rings is 1. The number of aromatic nitrogens is 1. The van der Waals surface area contributed by atoms with E-state index in [0.717, 1.165) is 0 Å². The maximum atomic E-state index is 12.7. The van der Waals surface area contributed by atoms with Gasteiger partial charge in [0.1, 0.15) is 0 Å². The highest BCUT2D eigenvalue weighted by Crippen LogP contribution is 2.31. The van der Waals surface area contributed by atoms with E-state index in [1.165, 1.54) is 10.5 Å². The molecule has 0 saturated carbocycles. The smallest absolute Gasteiger partial charge is 0.243 e. The second kappa shape index (κ2) is 7.08. The summed E-state index contributed by atoms with van der Waals surface area (Å²) in [5, 5.41) is 1.57. The number of hydrogen-bond acceptors (Lipinski definition) is 4. The summed E-state index contributed by atoms with van der Waals surface area (Å²) < 4.78 is 26.9. The topological polar surface area (TPSA) is 108 Å². The predicted octanol–water partition coefficient (Wildman–Crippen LogP) is 1.21. The van der Waals surface area contributed by atoms with Crippen LogP contribution in [0.4, 0.5) is 0 Å². The van der Waals surface area contributed by atoms with Crippen molar-refractivity contribution in [2.75, 3.05) is 13.1 Å². The van der Waals surface area contributed by atoms with Crippen LogP contribution >= 0.6 is 24.0 Å². The lowest BCUT2D eigenvalue weighted by molar-refractivity contribution is 0.473. The molecule has 9 heteroatoms. The van der Waals surface area contributed by atoms with Crippen LogP contribution in [-0.4, -0.2) is 42.3 Å². The molecule has 4 N–H and O–H groups in total. The van der Waals surface area contributed by atoms with E-state index in [1.807, 2.05) is 0 Å². The molecule has 1 atom stereocenters. The predicted molar refractivity (Wildman–Crippen MR) is 89.0 cm³/mol. The molecule has 1 saturated heterocycles. The fourth-order valence-electron chi connectivity index (χ4n) is 2.49. The molecule has 1 fully saturated rings. The fraction of sp³-hybridized carbons (Fsp3) is 0.308. The number of nitrogens with zero attached hydrogens (tertiary/aromatic N) is 2. The lowest BCUT2D eigenvalue weighted by Crippen LogP contribution is -2.32. The normalized spacial score (nSPS) is 18.7. The number of hydrogen-bond donors (Lipinski definition) is 1. The van der Waals surface area contributed by atoms with Gasteiger partial charge < -0.3 is 11.2 Å². The lowest BCUT2D eigenvalue weighted by Gasteiger charge is -2.17. The number of halogens is 2. The van der Waals surface area contributed by atoms with Crippen molar-refractivity contribution in [2.45, 2.75) is 17.4 Å². The van der Waals surface area contributed by atoms with Crippen molar-refractivity contribution in [3.05, 3.63) is 35.6 Å². The second-order valence-electron chi connectivity index (χ2n) is 4.89. The van der Waals surface area contributed by atoms with E-state index in [9.17, 15) is 8.42 Å². The minimum absolute atomic E-state index is 0. The van der Waals surface area contributed by atoms with Gasteiger partial charge in [0.05, 0.1) is 9.92 Å². The Morgan fingerprint density at radius 2 is 2.05 bits per heavy atom. The number of nitrogens with two attached hydrogens (primary N) is 1. The molecule has 1 aromatic heterocycles. The van der Waals surface area contributed by atoms with Crippen molar-refractivity contribution in [1.29, 1.82) is 0 Å². The van der Waals surface area contributed by atoms with Crippen LogP contribution in [0.15, 0.2) is 35.5 Å². The third kappa shape index (κ3) is 3.19. The van der Waals surface area contributed by atoms with Gasteiger partial charge in [-0.2, -0.15) is 4.31 Å². The largest absolute Gasteiger partial charge is 0.412 e. The summed E-state index contributed by atoms with van der Waals surface area (Å²) >= 11 is 6.13. The van der Waals surface area contributed by atoms with Gasteiger partial charge in [-0.25, -0.2) is 8.42 Å². The molecule has 0 unspecified atom stereocenters. The highest BCUT2D eigenvalue weighted by Gasteiger charge is 2.32. The fourth-order valence-corrected chi connectivity index (χ4v) is 4.56. The highest BCUT2D eigenvalue weighted by atomic mass is 35.5. The summed E-state index contributed by atoms with van der Waals surface area (Å²) in [6.45, 7) is 0.796. The Hall–Kier alpha value is -0.960. The first-order valence-corrected chi connectivity index (χ1v) is 8.10. The molecule has 1 aromatic carbocycles. The molecule has 1 aliphatic rings. The lowest BCUT2D eigenvalue weighted by atomic mass is 10.2. The van der Waals surface area contributed by atoms with Crippen LogP contribution in [0.2, 0.25) is 5.02 Å². The van der Waals surface area contributed by atoms with E-state index in [2.05, 4.69) is 4.98 Å². The van der Waals surface area contributed by atoms with Crippen molar-refractivity contribution in [3.8, 4) is 0 Å². The first-order valence-electron chi connectivity index (χ1n) is 6.28. The van der Waals surface area contributed by atoms with Crippen LogP contribution in [-0.2, 0) is 10.0 Å². The quantitative estimate of drug-likeness (QED) is 0.862. The zero-order chi connectivity index (χ0) is 14.3. The van der Waals surface area contributed by atoms with Crippen molar-refractivity contribution < 1.29 is 13.9 Å². The van der Waals surface area contributed by atoms with E-state index in [1.54, 1.807) is 24.4 Å². The van der Waals surface area contributed by atoms with Crippen LogP contribution in [0, 0.1) is 0 Å². The Balaban J connectivity index is 0.00000121. The Morgan fingerprint density at radius 1 is 1.32 bits per heavy atom. The van der Waals surface area contributed by atoms with Gasteiger partial charge in [0.2, 0.25) is 10.0 Å². The number of sulfonamides is 1. The standard InChI is InChI=1S/C13H14ClN3O2S.ClH.H2O/c14-11-7-16-6-9-2-1-3-12(13(9)11)20(18,19)17-5-4-10(15)8-17;;/h1-3,6-7,10H,4-5,8,15H2;1H;1H2/t10-;;/m0../s1. The number of rotatable bonds is 2. The summed E-state index contributed by atoms with van der Waals surface area (Å²) in [6.07, 6.45) is 3.74. The van der Waals surface area contributed by atoms with Crippen molar-refractivity contribution in [2.24, 2.45) is 5.73 Å². The summed E-state index contributed by atoms with van der Waals surface area (Å²) in [5.41, 5.74) is 5.80. The minimum Gasteiger partial charge on any atom is -0.412 e. The van der Waals surface area contributed by atoms with Crippen LogP contribution < -0.4 is 5.73 Å². The molecule has 2 aromatic rings. The Morgan fingerprint density at radius 3 is 2.68 bits per heavy atom. The van der Waals surface area contributed by atoms with E-state index in [4.69, 9.17) is 17.3 Å². The van der Waals surface area contributed by atoms with Crippen LogP contribution in [0.5, 0.6) is 0 Å². The third-order valence-electron chi connectivity index (χ3n) is 3.50. The minimum atomic E-state index is -3.58. The van der Waals surface area contributed by atoms with Gasteiger partial charge in [-0.05, 0) is 12.5 Å². The second-order valence-corrected chi connectivity index (χ2v) is 7.20. The molecular formula is C13H17Cl2N3O3S. The summed E-state index contributed by atoms with van der Waals surface area (Å²) in [4.78, 5) is 4.20. The SMILES string of the molecule is Cl.N[C@H]1CCN(S(=O)(=O)c2cccc3cncc(Cl)c23)C1.O. The molecule has 2 heterocycles. The molecule has 0 bridgehead atoms. The van der Waals surface area contributed by atoms with Gasteiger partial charge in [0, 0.05) is 42.3 Å². The maximum absolute atomic E-state index is 12.7. The number of pyridine rings is 1. The van der Waals surface area contributed by atoms with Crippen LogP contribution in [0.25, 0.3) is 10.8 Å². The Labute approximate surface area is 140 Å². The molecule has 0 amide bonds. The zero-order valence-corrected chi connectivity index (χ0v) is 14.0. The monoisotopic (exact) mass is 365 g/mol. The first kappa shape index (κ1) is 19.1. The van der Waals surface area contributed by atoms with E-state index >= 15 is 0 Å². The average Bonchev–Trinajstić information content (AvgIpc) is 2.86. The zero-order valence-electron chi connectivity index (χ0n) is 11.6. The molecule has 6 nitrogen and oxygen atoms in total. The van der Waals surface area contributed by atoms with Gasteiger partial charge in [0.15, 0.2) is 0 Å². The Bertz CT molecular complexity index is 765. The van der Waals surface area contributed by atoms with Gasteiger partial charge in [0.25, 0.3) is 0 Å². The molecule has 1 aliphatic heterocycles. The van der Waals surface area contributed by atoms with E-state index in [-0.39, 0.29) is 28.8 Å². The van der Waals surface area contributed by atoms with Gasteiger partial charge in [-0.1, -0.05) is 23.7 Å². The summed E-state index contributed by atoms with van der Waals surface area (Å²) in [7, 11) is -3.58. The molecule has 22 heavy (non-hydrogen) atoms. The molecule has 3 rings (SSSR count). The molecule has 122 valence electrons. The molecular weight excluding hydrogens is 349 g/mol. The average molecular weight is 366 g/mol. The van der Waals surface area contributed by atoms with Gasteiger partial charge >= 0.3 is 0 Å².